The number of nitrogen functional groups attached to an aromatic ring is 1. The van der Waals surface area contributed by atoms with E-state index in [0.717, 1.165) is 18.8 Å². The van der Waals surface area contributed by atoms with E-state index in [1.54, 1.807) is 12.3 Å². The van der Waals surface area contributed by atoms with Crippen LogP contribution in [0.3, 0.4) is 0 Å². The fourth-order valence-electron chi connectivity index (χ4n) is 2.32. The standard InChI is InChI=1S/C12H15N7O2/c13-9-2-1-8(7-14-9)18-3-5-19(6-4-18)10-11(20)15-12(21)17-16-10/h1-2,7H,3-6H2,(H2,13,14)(H2,15,17,20,21). The second kappa shape index (κ2) is 5.27. The first-order chi connectivity index (χ1) is 10.1. The molecule has 1 aliphatic heterocycles. The number of hydrogen-bond acceptors (Lipinski definition) is 7. The van der Waals surface area contributed by atoms with Crippen LogP contribution in [0.5, 0.6) is 0 Å². The number of aromatic amines is 2. The van der Waals surface area contributed by atoms with E-state index in [4.69, 9.17) is 5.73 Å². The van der Waals surface area contributed by atoms with Gasteiger partial charge in [0.05, 0.1) is 11.9 Å². The van der Waals surface area contributed by atoms with Crippen LogP contribution in [0.25, 0.3) is 0 Å². The summed E-state index contributed by atoms with van der Waals surface area (Å²) in [6.07, 6.45) is 1.73. The predicted molar refractivity (Wildman–Crippen MR) is 78.6 cm³/mol. The molecule has 2 aromatic heterocycles. The van der Waals surface area contributed by atoms with Gasteiger partial charge in [0.25, 0.3) is 5.56 Å². The maximum Gasteiger partial charge on any atom is 0.342 e. The minimum absolute atomic E-state index is 0.240. The number of rotatable bonds is 2. The van der Waals surface area contributed by atoms with Crippen LogP contribution in [-0.2, 0) is 0 Å². The van der Waals surface area contributed by atoms with E-state index < -0.39 is 11.2 Å². The molecule has 0 radical (unpaired) electrons. The van der Waals surface area contributed by atoms with Crippen LogP contribution >= 0.6 is 0 Å². The van der Waals surface area contributed by atoms with Crippen LogP contribution in [0.15, 0.2) is 27.9 Å². The number of H-pyrrole nitrogens is 2. The Morgan fingerprint density at radius 3 is 2.43 bits per heavy atom. The molecule has 0 aromatic carbocycles. The number of nitrogens with one attached hydrogen (secondary N) is 2. The van der Waals surface area contributed by atoms with Crippen molar-refractivity contribution in [1.82, 2.24) is 20.2 Å². The summed E-state index contributed by atoms with van der Waals surface area (Å²) in [6.45, 7) is 2.72. The number of pyridine rings is 1. The van der Waals surface area contributed by atoms with Crippen LogP contribution in [0.4, 0.5) is 17.3 Å². The van der Waals surface area contributed by atoms with Crippen LogP contribution in [-0.4, -0.2) is 46.3 Å². The largest absolute Gasteiger partial charge is 0.384 e. The third-order valence-electron chi connectivity index (χ3n) is 3.41. The zero-order valence-electron chi connectivity index (χ0n) is 11.2. The SMILES string of the molecule is Nc1ccc(N2CCN(c3n[nH]c(=O)[nH]c3=O)CC2)cn1. The number of piperazine rings is 1. The first kappa shape index (κ1) is 13.2. The molecule has 0 atom stereocenters. The summed E-state index contributed by atoms with van der Waals surface area (Å²) in [5.74, 6) is 0.728. The van der Waals surface area contributed by atoms with Gasteiger partial charge in [-0.05, 0) is 12.1 Å². The Hall–Kier alpha value is -2.84. The van der Waals surface area contributed by atoms with Gasteiger partial charge in [-0.3, -0.25) is 9.78 Å². The molecule has 1 saturated heterocycles. The highest BCUT2D eigenvalue weighted by Gasteiger charge is 2.20. The maximum atomic E-state index is 11.7. The lowest BCUT2D eigenvalue weighted by Gasteiger charge is -2.35. The Morgan fingerprint density at radius 1 is 1.10 bits per heavy atom. The van der Waals surface area contributed by atoms with E-state index >= 15 is 0 Å². The Kier molecular flexibility index (Phi) is 3.30. The van der Waals surface area contributed by atoms with Gasteiger partial charge >= 0.3 is 5.69 Å². The molecule has 0 bridgehead atoms. The molecule has 3 rings (SSSR count). The first-order valence-corrected chi connectivity index (χ1v) is 6.54. The van der Waals surface area contributed by atoms with Gasteiger partial charge in [0, 0.05) is 26.2 Å². The molecule has 3 heterocycles. The average Bonchev–Trinajstić information content (AvgIpc) is 2.48. The topological polar surface area (TPSA) is 124 Å². The third-order valence-corrected chi connectivity index (χ3v) is 3.41. The van der Waals surface area contributed by atoms with Crippen LogP contribution < -0.4 is 26.8 Å². The van der Waals surface area contributed by atoms with Gasteiger partial charge in [0.2, 0.25) is 5.82 Å². The molecular formula is C12H15N7O2. The number of nitrogens with two attached hydrogens (primary N) is 1. The zero-order chi connectivity index (χ0) is 14.8. The molecule has 1 fully saturated rings. The van der Waals surface area contributed by atoms with E-state index in [9.17, 15) is 9.59 Å². The highest BCUT2D eigenvalue weighted by Crippen LogP contribution is 2.17. The van der Waals surface area contributed by atoms with Crippen molar-refractivity contribution in [3.8, 4) is 0 Å². The smallest absolute Gasteiger partial charge is 0.342 e. The van der Waals surface area contributed by atoms with Gasteiger partial charge in [-0.15, -0.1) is 5.10 Å². The van der Waals surface area contributed by atoms with Crippen molar-refractivity contribution in [2.24, 2.45) is 0 Å². The number of anilines is 3. The van der Waals surface area contributed by atoms with E-state index in [1.807, 2.05) is 11.0 Å². The molecule has 9 nitrogen and oxygen atoms in total. The van der Waals surface area contributed by atoms with Crippen molar-refractivity contribution in [3.63, 3.8) is 0 Å². The summed E-state index contributed by atoms with van der Waals surface area (Å²) in [7, 11) is 0. The van der Waals surface area contributed by atoms with Crippen molar-refractivity contribution in [3.05, 3.63) is 39.2 Å². The summed E-state index contributed by atoms with van der Waals surface area (Å²) >= 11 is 0. The molecule has 21 heavy (non-hydrogen) atoms. The Morgan fingerprint density at radius 2 is 1.81 bits per heavy atom. The molecule has 1 aliphatic rings. The summed E-state index contributed by atoms with van der Waals surface area (Å²) in [5.41, 5.74) is 5.49. The molecule has 110 valence electrons. The zero-order valence-corrected chi connectivity index (χ0v) is 11.2. The van der Waals surface area contributed by atoms with Gasteiger partial charge in [0.1, 0.15) is 5.82 Å². The number of nitrogens with zero attached hydrogens (tertiary/aromatic N) is 4. The second-order valence-electron chi connectivity index (χ2n) is 4.75. The average molecular weight is 289 g/mol. The number of hydrogen-bond donors (Lipinski definition) is 3. The molecule has 0 aliphatic carbocycles. The molecule has 0 saturated carbocycles. The van der Waals surface area contributed by atoms with Crippen molar-refractivity contribution in [1.29, 1.82) is 0 Å². The van der Waals surface area contributed by atoms with Crippen LogP contribution in [0.2, 0.25) is 0 Å². The minimum atomic E-state index is -0.602. The van der Waals surface area contributed by atoms with Crippen LogP contribution in [0, 0.1) is 0 Å². The monoisotopic (exact) mass is 289 g/mol. The van der Waals surface area contributed by atoms with Crippen molar-refractivity contribution in [2.75, 3.05) is 41.7 Å². The van der Waals surface area contributed by atoms with E-state index in [-0.39, 0.29) is 5.82 Å². The molecule has 0 unspecified atom stereocenters. The summed E-state index contributed by atoms with van der Waals surface area (Å²) in [4.78, 5) is 32.9. The molecule has 0 amide bonds. The number of aromatic nitrogens is 4. The quantitative estimate of drug-likeness (QED) is 0.631. The minimum Gasteiger partial charge on any atom is -0.384 e. The normalized spacial score (nSPS) is 15.2. The highest BCUT2D eigenvalue weighted by molar-refractivity contribution is 5.50. The van der Waals surface area contributed by atoms with Gasteiger partial charge in [0.15, 0.2) is 0 Å². The third kappa shape index (κ3) is 2.71. The summed E-state index contributed by atoms with van der Waals surface area (Å²) in [5, 5.41) is 6.05. The lowest BCUT2D eigenvalue weighted by Crippen LogP contribution is -2.49. The molecule has 0 spiro atoms. The summed E-state index contributed by atoms with van der Waals surface area (Å²) in [6, 6.07) is 3.68. The van der Waals surface area contributed by atoms with E-state index in [2.05, 4.69) is 25.1 Å². The first-order valence-electron chi connectivity index (χ1n) is 6.54. The molecule has 4 N–H and O–H groups in total. The van der Waals surface area contributed by atoms with Crippen LogP contribution in [0.1, 0.15) is 0 Å². The Bertz CT molecular complexity index is 728. The predicted octanol–water partition coefficient (Wildman–Crippen LogP) is -1.24. The lowest BCUT2D eigenvalue weighted by atomic mass is 10.2. The Labute approximate surface area is 119 Å². The maximum absolute atomic E-state index is 11.7. The van der Waals surface area contributed by atoms with Gasteiger partial charge in [-0.2, -0.15) is 0 Å². The fourth-order valence-corrected chi connectivity index (χ4v) is 2.32. The van der Waals surface area contributed by atoms with Crippen molar-refractivity contribution in [2.45, 2.75) is 0 Å². The second-order valence-corrected chi connectivity index (χ2v) is 4.75. The lowest BCUT2D eigenvalue weighted by molar-refractivity contribution is 0.636. The van der Waals surface area contributed by atoms with E-state index in [0.29, 0.717) is 18.9 Å². The highest BCUT2D eigenvalue weighted by atomic mass is 16.2. The molecule has 9 heteroatoms. The van der Waals surface area contributed by atoms with E-state index in [1.165, 1.54) is 0 Å². The van der Waals surface area contributed by atoms with Crippen molar-refractivity contribution < 1.29 is 0 Å². The molecule has 2 aromatic rings. The van der Waals surface area contributed by atoms with Crippen molar-refractivity contribution >= 4 is 17.3 Å². The van der Waals surface area contributed by atoms with Gasteiger partial charge in [-0.1, -0.05) is 0 Å². The van der Waals surface area contributed by atoms with Gasteiger partial charge < -0.3 is 15.5 Å². The molecular weight excluding hydrogens is 274 g/mol. The Balaban J connectivity index is 1.71. The van der Waals surface area contributed by atoms with Gasteiger partial charge in [-0.25, -0.2) is 14.9 Å². The summed E-state index contributed by atoms with van der Waals surface area (Å²) < 4.78 is 0. The fraction of sp³-hybridized carbons (Fsp3) is 0.333.